The van der Waals surface area contributed by atoms with Crippen LogP contribution in [0.1, 0.15) is 17.9 Å². The minimum Gasteiger partial charge on any atom is -0.488 e. The third-order valence-electron chi connectivity index (χ3n) is 3.92. The van der Waals surface area contributed by atoms with Crippen LogP contribution in [0.5, 0.6) is 5.75 Å². The highest BCUT2D eigenvalue weighted by Crippen LogP contribution is 2.29. The first-order valence-electron chi connectivity index (χ1n) is 7.90. The highest BCUT2D eigenvalue weighted by atomic mass is 16.5. The van der Waals surface area contributed by atoms with E-state index < -0.39 is 5.97 Å². The summed E-state index contributed by atoms with van der Waals surface area (Å²) >= 11 is 0. The van der Waals surface area contributed by atoms with Gasteiger partial charge < -0.3 is 14.3 Å². The second kappa shape index (κ2) is 6.28. The molecule has 4 rings (SSSR count). The maximum Gasteiger partial charge on any atom is 0.308 e. The number of benzene rings is 2. The molecule has 0 bridgehead atoms. The Kier molecular flexibility index (Phi) is 3.82. The first kappa shape index (κ1) is 15.2. The highest BCUT2D eigenvalue weighted by molar-refractivity contribution is 5.85. The maximum absolute atomic E-state index is 11.3. The van der Waals surface area contributed by atoms with Crippen molar-refractivity contribution in [3.8, 4) is 5.75 Å². The Labute approximate surface area is 143 Å². The van der Waals surface area contributed by atoms with E-state index in [0.717, 1.165) is 16.9 Å². The van der Waals surface area contributed by atoms with Gasteiger partial charge in [-0.3, -0.25) is 4.79 Å². The standard InChI is InChI=1S/C20H15NO4/c22-19(23)11-15(20-21-16-6-2-4-8-18(16)25-20)10-13-9-14-5-1-3-7-17(14)24-12-13/h1-10H,11-12H2,(H,22,23)/b15-10-. The van der Waals surface area contributed by atoms with Crippen LogP contribution in [-0.4, -0.2) is 22.7 Å². The molecular formula is C20H15NO4. The second-order valence-corrected chi connectivity index (χ2v) is 5.77. The van der Waals surface area contributed by atoms with Crippen molar-refractivity contribution < 1.29 is 19.1 Å². The molecule has 0 fully saturated rings. The monoisotopic (exact) mass is 333 g/mol. The van der Waals surface area contributed by atoms with Gasteiger partial charge in [0.1, 0.15) is 17.9 Å². The normalized spacial score (nSPS) is 13.9. The van der Waals surface area contributed by atoms with E-state index in [-0.39, 0.29) is 6.42 Å². The van der Waals surface area contributed by atoms with Crippen molar-refractivity contribution in [2.24, 2.45) is 0 Å². The number of hydrogen-bond acceptors (Lipinski definition) is 4. The largest absolute Gasteiger partial charge is 0.488 e. The Hall–Kier alpha value is -3.34. The van der Waals surface area contributed by atoms with Crippen LogP contribution in [0.3, 0.4) is 0 Å². The summed E-state index contributed by atoms with van der Waals surface area (Å²) in [6.07, 6.45) is 3.60. The van der Waals surface area contributed by atoms with Crippen molar-refractivity contribution in [2.75, 3.05) is 6.61 Å². The van der Waals surface area contributed by atoms with Crippen LogP contribution in [-0.2, 0) is 4.79 Å². The molecule has 5 heteroatoms. The lowest BCUT2D eigenvalue weighted by Gasteiger charge is -2.16. The Balaban J connectivity index is 1.75. The average Bonchev–Trinajstić information content (AvgIpc) is 3.05. The summed E-state index contributed by atoms with van der Waals surface area (Å²) in [7, 11) is 0. The van der Waals surface area contributed by atoms with E-state index in [0.29, 0.717) is 29.2 Å². The van der Waals surface area contributed by atoms with Gasteiger partial charge in [-0.2, -0.15) is 0 Å². The number of aliphatic carboxylic acids is 1. The van der Waals surface area contributed by atoms with Crippen LogP contribution in [0.2, 0.25) is 0 Å². The summed E-state index contributed by atoms with van der Waals surface area (Å²) in [6, 6.07) is 15.1. The zero-order chi connectivity index (χ0) is 17.2. The van der Waals surface area contributed by atoms with Crippen molar-refractivity contribution in [2.45, 2.75) is 6.42 Å². The van der Waals surface area contributed by atoms with Gasteiger partial charge in [0.25, 0.3) is 0 Å². The minimum atomic E-state index is -0.939. The van der Waals surface area contributed by atoms with E-state index in [1.165, 1.54) is 0 Å². The zero-order valence-corrected chi connectivity index (χ0v) is 13.3. The number of ether oxygens (including phenoxy) is 1. The van der Waals surface area contributed by atoms with E-state index in [9.17, 15) is 9.90 Å². The number of carbonyl (C=O) groups is 1. The number of carboxylic acids is 1. The van der Waals surface area contributed by atoms with Crippen LogP contribution in [0.25, 0.3) is 22.7 Å². The number of fused-ring (bicyclic) bond motifs is 2. The maximum atomic E-state index is 11.3. The molecule has 0 saturated heterocycles. The lowest BCUT2D eigenvalue weighted by Crippen LogP contribution is -2.07. The van der Waals surface area contributed by atoms with Gasteiger partial charge in [-0.05, 0) is 35.9 Å². The molecule has 124 valence electrons. The van der Waals surface area contributed by atoms with Crippen LogP contribution in [0.4, 0.5) is 0 Å². The topological polar surface area (TPSA) is 72.6 Å². The number of nitrogens with zero attached hydrogens (tertiary/aromatic N) is 1. The van der Waals surface area contributed by atoms with Gasteiger partial charge >= 0.3 is 5.97 Å². The van der Waals surface area contributed by atoms with Crippen molar-refractivity contribution in [3.05, 3.63) is 71.6 Å². The van der Waals surface area contributed by atoms with Crippen LogP contribution < -0.4 is 4.74 Å². The second-order valence-electron chi connectivity index (χ2n) is 5.77. The number of para-hydroxylation sites is 3. The summed E-state index contributed by atoms with van der Waals surface area (Å²) in [5, 5.41) is 9.25. The molecule has 1 N–H and O–H groups in total. The smallest absolute Gasteiger partial charge is 0.308 e. The molecule has 2 aromatic carbocycles. The summed E-state index contributed by atoms with van der Waals surface area (Å²) < 4.78 is 11.5. The van der Waals surface area contributed by atoms with Crippen LogP contribution >= 0.6 is 0 Å². The number of oxazole rings is 1. The minimum absolute atomic E-state index is 0.175. The van der Waals surface area contributed by atoms with Crippen molar-refractivity contribution in [1.82, 2.24) is 4.98 Å². The lowest BCUT2D eigenvalue weighted by atomic mass is 10.0. The highest BCUT2D eigenvalue weighted by Gasteiger charge is 2.16. The van der Waals surface area contributed by atoms with Gasteiger partial charge in [0, 0.05) is 11.1 Å². The number of carboxylic acid groups (broad SMARTS) is 1. The predicted molar refractivity (Wildman–Crippen MR) is 94.2 cm³/mol. The third-order valence-corrected chi connectivity index (χ3v) is 3.92. The Morgan fingerprint density at radius 2 is 1.96 bits per heavy atom. The molecule has 0 atom stereocenters. The first-order chi connectivity index (χ1) is 12.2. The average molecular weight is 333 g/mol. The molecule has 2 heterocycles. The summed E-state index contributed by atoms with van der Waals surface area (Å²) in [4.78, 5) is 15.7. The molecule has 3 aromatic rings. The number of aromatic nitrogens is 1. The van der Waals surface area contributed by atoms with Crippen molar-refractivity contribution in [3.63, 3.8) is 0 Å². The Morgan fingerprint density at radius 1 is 1.16 bits per heavy atom. The van der Waals surface area contributed by atoms with E-state index in [2.05, 4.69) is 4.98 Å². The van der Waals surface area contributed by atoms with Gasteiger partial charge in [-0.1, -0.05) is 30.3 Å². The fourth-order valence-electron chi connectivity index (χ4n) is 2.80. The molecule has 0 amide bonds. The van der Waals surface area contributed by atoms with Gasteiger partial charge in [0.05, 0.1) is 6.42 Å². The van der Waals surface area contributed by atoms with E-state index in [4.69, 9.17) is 9.15 Å². The van der Waals surface area contributed by atoms with Crippen molar-refractivity contribution in [1.29, 1.82) is 0 Å². The van der Waals surface area contributed by atoms with E-state index in [1.54, 1.807) is 6.08 Å². The lowest BCUT2D eigenvalue weighted by molar-refractivity contribution is -0.135. The van der Waals surface area contributed by atoms with Crippen LogP contribution in [0, 0.1) is 0 Å². The molecule has 1 aliphatic heterocycles. The molecule has 0 saturated carbocycles. The van der Waals surface area contributed by atoms with Gasteiger partial charge in [-0.15, -0.1) is 0 Å². The molecular weight excluding hydrogens is 318 g/mol. The molecule has 0 unspecified atom stereocenters. The van der Waals surface area contributed by atoms with Gasteiger partial charge in [-0.25, -0.2) is 4.98 Å². The summed E-state index contributed by atoms with van der Waals surface area (Å²) in [6.45, 7) is 0.375. The summed E-state index contributed by atoms with van der Waals surface area (Å²) in [5.41, 5.74) is 3.68. The van der Waals surface area contributed by atoms with Crippen molar-refractivity contribution >= 4 is 28.7 Å². The fourth-order valence-corrected chi connectivity index (χ4v) is 2.80. The molecule has 0 aliphatic carbocycles. The summed E-state index contributed by atoms with van der Waals surface area (Å²) in [5.74, 6) is 0.205. The van der Waals surface area contributed by atoms with Gasteiger partial charge in [0.2, 0.25) is 5.89 Å². The number of hydrogen-bond donors (Lipinski definition) is 1. The van der Waals surface area contributed by atoms with Crippen LogP contribution in [0.15, 0.2) is 64.6 Å². The fraction of sp³-hybridized carbons (Fsp3) is 0.100. The molecule has 1 aromatic heterocycles. The molecule has 5 nitrogen and oxygen atoms in total. The van der Waals surface area contributed by atoms with Gasteiger partial charge in [0.15, 0.2) is 5.58 Å². The number of rotatable bonds is 4. The quantitative estimate of drug-likeness (QED) is 0.776. The van der Waals surface area contributed by atoms with E-state index in [1.807, 2.05) is 54.6 Å². The Bertz CT molecular complexity index is 980. The Morgan fingerprint density at radius 3 is 2.80 bits per heavy atom. The molecule has 0 radical (unpaired) electrons. The third kappa shape index (κ3) is 3.17. The molecule has 0 spiro atoms. The predicted octanol–water partition coefficient (Wildman–Crippen LogP) is 4.16. The molecule has 25 heavy (non-hydrogen) atoms. The SMILES string of the molecule is O=C(O)C/C(=C/C1=Cc2ccccc2OC1)c1nc2ccccc2o1. The first-order valence-corrected chi connectivity index (χ1v) is 7.90. The molecule has 1 aliphatic rings. The van der Waals surface area contributed by atoms with E-state index >= 15 is 0 Å². The zero-order valence-electron chi connectivity index (χ0n) is 13.3.